The summed E-state index contributed by atoms with van der Waals surface area (Å²) in [5.41, 5.74) is 5.71. The van der Waals surface area contributed by atoms with Gasteiger partial charge in [0.1, 0.15) is 19.3 Å². The first-order valence-electron chi connectivity index (χ1n) is 17.7. The molecule has 12 nitrogen and oxygen atoms in total. The normalized spacial score (nSPS) is 11.7. The number of Topliss-reactive ketones (excluding diaryl/α,β-unsaturated/α-hetero) is 1. The second kappa shape index (κ2) is 34.2. The average Bonchev–Trinajstić information content (AvgIpc) is 3.03. The molecule has 0 aromatic rings. The minimum atomic E-state index is -0.767. The van der Waals surface area contributed by atoms with Crippen LogP contribution in [0.15, 0.2) is 0 Å². The average molecular weight is 659 g/mol. The van der Waals surface area contributed by atoms with E-state index >= 15 is 0 Å². The molecule has 270 valence electrons. The number of ether oxygens (including phenoxy) is 4. The summed E-state index contributed by atoms with van der Waals surface area (Å²) in [6, 6.07) is -0.767. The second-order valence-electron chi connectivity index (χ2n) is 11.7. The molecule has 0 rings (SSSR count). The Morgan fingerprint density at radius 2 is 1.02 bits per heavy atom. The lowest BCUT2D eigenvalue weighted by atomic mass is 10.0. The van der Waals surface area contributed by atoms with Crippen molar-refractivity contribution < 1.29 is 38.1 Å². The monoisotopic (exact) mass is 658 g/mol. The van der Waals surface area contributed by atoms with E-state index in [1.54, 1.807) is 0 Å². The fourth-order valence-corrected chi connectivity index (χ4v) is 4.66. The first-order valence-corrected chi connectivity index (χ1v) is 17.7. The van der Waals surface area contributed by atoms with Crippen molar-refractivity contribution in [3.63, 3.8) is 0 Å². The fraction of sp³-hybridized carbons (Fsp3) is 0.882. The van der Waals surface area contributed by atoms with E-state index in [4.69, 9.17) is 24.7 Å². The minimum Gasteiger partial charge on any atom is -0.377 e. The van der Waals surface area contributed by atoms with Crippen molar-refractivity contribution in [2.24, 2.45) is 5.73 Å². The van der Waals surface area contributed by atoms with Crippen LogP contribution in [-0.2, 0) is 38.1 Å². The summed E-state index contributed by atoms with van der Waals surface area (Å²) in [5.74, 6) is -0.793. The molecule has 0 aromatic heterocycles. The quantitative estimate of drug-likeness (QED) is 0.0745. The lowest BCUT2D eigenvalue weighted by molar-refractivity contribution is -0.129. The smallest absolute Gasteiger partial charge is 0.246 e. The van der Waals surface area contributed by atoms with Gasteiger partial charge in [0.2, 0.25) is 17.7 Å². The highest BCUT2D eigenvalue weighted by molar-refractivity contribution is 5.87. The molecule has 1 atom stereocenters. The Morgan fingerprint density at radius 3 is 1.52 bits per heavy atom. The molecule has 0 spiro atoms. The Labute approximate surface area is 278 Å². The van der Waals surface area contributed by atoms with Crippen LogP contribution in [0.5, 0.6) is 0 Å². The molecule has 12 heteroatoms. The van der Waals surface area contributed by atoms with Crippen LogP contribution in [0, 0.1) is 0 Å². The van der Waals surface area contributed by atoms with E-state index in [0.717, 1.165) is 19.3 Å². The lowest BCUT2D eigenvalue weighted by Crippen LogP contribution is -2.51. The Kier molecular flexibility index (Phi) is 32.6. The number of unbranched alkanes of at least 4 members (excludes halogenated alkanes) is 14. The summed E-state index contributed by atoms with van der Waals surface area (Å²) in [6.07, 6.45) is 19.5. The number of carbonyl (C=O) groups excluding carboxylic acids is 4. The van der Waals surface area contributed by atoms with Crippen molar-refractivity contribution in [3.05, 3.63) is 0 Å². The van der Waals surface area contributed by atoms with Crippen molar-refractivity contribution >= 4 is 23.5 Å². The zero-order valence-electron chi connectivity index (χ0n) is 29.0. The standard InChI is InChI=1S/C34H66N4O8/c1-3-4-5-6-7-8-9-10-11-12-13-14-15-16-17-18-32(40)38-31(27-35)34(42)37-20-22-44-24-26-46-29-33(41)36-19-21-43-23-25-45-28-30(2)39/h31H,3-29,35H2,1-2H3,(H,36,41)(H,37,42)(H,38,40)/t31-/m0/s1. The number of nitrogens with two attached hydrogens (primary N) is 1. The highest BCUT2D eigenvalue weighted by Gasteiger charge is 2.18. The molecule has 0 saturated carbocycles. The van der Waals surface area contributed by atoms with Gasteiger partial charge in [0.15, 0.2) is 5.78 Å². The van der Waals surface area contributed by atoms with Gasteiger partial charge in [-0.05, 0) is 13.3 Å². The van der Waals surface area contributed by atoms with Crippen LogP contribution in [0.2, 0.25) is 0 Å². The maximum atomic E-state index is 12.4. The summed E-state index contributed by atoms with van der Waals surface area (Å²) >= 11 is 0. The molecule has 0 aliphatic heterocycles. The fourth-order valence-electron chi connectivity index (χ4n) is 4.66. The molecule has 0 unspecified atom stereocenters. The third-order valence-electron chi connectivity index (χ3n) is 7.29. The Bertz CT molecular complexity index is 757. The molecule has 3 amide bonds. The lowest BCUT2D eigenvalue weighted by Gasteiger charge is -2.16. The highest BCUT2D eigenvalue weighted by atomic mass is 16.5. The van der Waals surface area contributed by atoms with Crippen LogP contribution < -0.4 is 21.7 Å². The van der Waals surface area contributed by atoms with Crippen LogP contribution in [0.3, 0.4) is 0 Å². The summed E-state index contributed by atoms with van der Waals surface area (Å²) in [6.45, 7) is 6.08. The van der Waals surface area contributed by atoms with E-state index in [1.165, 1.54) is 84.0 Å². The van der Waals surface area contributed by atoms with E-state index in [9.17, 15) is 19.2 Å². The maximum Gasteiger partial charge on any atom is 0.246 e. The SMILES string of the molecule is CCCCCCCCCCCCCCCCCC(=O)N[C@@H](CN)C(=O)NCCOCCOCC(=O)NCCOCCOCC(C)=O. The Balaban J connectivity index is 3.59. The molecular weight excluding hydrogens is 592 g/mol. The number of rotatable bonds is 35. The molecule has 0 fully saturated rings. The predicted octanol–water partition coefficient (Wildman–Crippen LogP) is 3.58. The molecule has 0 saturated heterocycles. The second-order valence-corrected chi connectivity index (χ2v) is 11.7. The molecule has 0 bridgehead atoms. The van der Waals surface area contributed by atoms with E-state index in [1.807, 2.05) is 0 Å². The zero-order valence-corrected chi connectivity index (χ0v) is 29.0. The van der Waals surface area contributed by atoms with Gasteiger partial charge in [-0.25, -0.2) is 0 Å². The van der Waals surface area contributed by atoms with E-state index in [2.05, 4.69) is 22.9 Å². The largest absolute Gasteiger partial charge is 0.377 e. The van der Waals surface area contributed by atoms with Gasteiger partial charge in [-0.15, -0.1) is 0 Å². The number of ketones is 1. The van der Waals surface area contributed by atoms with Gasteiger partial charge >= 0.3 is 0 Å². The summed E-state index contributed by atoms with van der Waals surface area (Å²) in [5, 5.41) is 8.12. The number of nitrogens with one attached hydrogen (secondary N) is 3. The Morgan fingerprint density at radius 1 is 0.565 bits per heavy atom. The number of hydrogen-bond acceptors (Lipinski definition) is 9. The molecular formula is C34H66N4O8. The van der Waals surface area contributed by atoms with Gasteiger partial charge in [0.25, 0.3) is 0 Å². The minimum absolute atomic E-state index is 0.0227. The van der Waals surface area contributed by atoms with Crippen LogP contribution in [0.1, 0.15) is 117 Å². The van der Waals surface area contributed by atoms with Gasteiger partial charge in [-0.1, -0.05) is 96.8 Å². The molecule has 0 aliphatic carbocycles. The summed E-state index contributed by atoms with van der Waals surface area (Å²) < 4.78 is 21.0. The van der Waals surface area contributed by atoms with Crippen LogP contribution in [0.25, 0.3) is 0 Å². The zero-order chi connectivity index (χ0) is 33.9. The molecule has 0 aromatic carbocycles. The molecule has 0 radical (unpaired) electrons. The van der Waals surface area contributed by atoms with Gasteiger partial charge in [-0.3, -0.25) is 19.2 Å². The first-order chi connectivity index (χ1) is 22.4. The van der Waals surface area contributed by atoms with E-state index in [0.29, 0.717) is 32.8 Å². The van der Waals surface area contributed by atoms with Crippen molar-refractivity contribution in [1.82, 2.24) is 16.0 Å². The van der Waals surface area contributed by atoms with Gasteiger partial charge < -0.3 is 40.6 Å². The maximum absolute atomic E-state index is 12.4. The Hall–Kier alpha value is -2.12. The number of hydrogen-bond donors (Lipinski definition) is 4. The third-order valence-corrected chi connectivity index (χ3v) is 7.29. The third kappa shape index (κ3) is 31.8. The van der Waals surface area contributed by atoms with Gasteiger partial charge in [-0.2, -0.15) is 0 Å². The summed E-state index contributed by atoms with van der Waals surface area (Å²) in [7, 11) is 0. The van der Waals surface area contributed by atoms with Crippen LogP contribution in [-0.4, -0.2) is 102 Å². The van der Waals surface area contributed by atoms with Crippen molar-refractivity contribution in [3.8, 4) is 0 Å². The van der Waals surface area contributed by atoms with Crippen molar-refractivity contribution in [2.45, 2.75) is 123 Å². The molecule has 5 N–H and O–H groups in total. The first kappa shape index (κ1) is 43.9. The molecule has 0 aliphatic rings. The number of carbonyl (C=O) groups is 4. The number of amides is 3. The summed E-state index contributed by atoms with van der Waals surface area (Å²) in [4.78, 5) is 47.1. The van der Waals surface area contributed by atoms with Gasteiger partial charge in [0, 0.05) is 26.1 Å². The molecule has 46 heavy (non-hydrogen) atoms. The van der Waals surface area contributed by atoms with Crippen LogP contribution in [0.4, 0.5) is 0 Å². The topological polar surface area (TPSA) is 167 Å². The van der Waals surface area contributed by atoms with Crippen molar-refractivity contribution in [2.75, 3.05) is 72.5 Å². The van der Waals surface area contributed by atoms with E-state index < -0.39 is 6.04 Å². The van der Waals surface area contributed by atoms with Crippen molar-refractivity contribution in [1.29, 1.82) is 0 Å². The van der Waals surface area contributed by atoms with Crippen LogP contribution >= 0.6 is 0 Å². The van der Waals surface area contributed by atoms with E-state index in [-0.39, 0.29) is 69.6 Å². The predicted molar refractivity (Wildman–Crippen MR) is 181 cm³/mol. The highest BCUT2D eigenvalue weighted by Crippen LogP contribution is 2.13. The molecule has 0 heterocycles. The van der Waals surface area contributed by atoms with Gasteiger partial charge in [0.05, 0.1) is 39.6 Å².